The highest BCUT2D eigenvalue weighted by molar-refractivity contribution is 7.98. The number of carbonyl (C=O) groups excluding carboxylic acids is 1. The summed E-state index contributed by atoms with van der Waals surface area (Å²) in [7, 11) is 0. The second kappa shape index (κ2) is 5.99. The summed E-state index contributed by atoms with van der Waals surface area (Å²) in [5.74, 6) is -0.503. The molecule has 0 bridgehead atoms. The van der Waals surface area contributed by atoms with Crippen molar-refractivity contribution in [2.24, 2.45) is 0 Å². The Labute approximate surface area is 120 Å². The third-order valence-corrected chi connectivity index (χ3v) is 3.53. The van der Waals surface area contributed by atoms with Crippen molar-refractivity contribution in [1.29, 1.82) is 0 Å². The zero-order valence-electron chi connectivity index (χ0n) is 10.2. The third kappa shape index (κ3) is 3.43. The van der Waals surface area contributed by atoms with Crippen LogP contribution < -0.4 is 5.32 Å². The number of phenols is 1. The molecular weight excluding hydrogens is 282 g/mol. The van der Waals surface area contributed by atoms with Gasteiger partial charge in [0, 0.05) is 15.6 Å². The Kier molecular flexibility index (Phi) is 4.35. The molecule has 0 saturated heterocycles. The zero-order chi connectivity index (χ0) is 13.8. The average molecular weight is 294 g/mol. The quantitative estimate of drug-likeness (QED) is 0.840. The van der Waals surface area contributed by atoms with Crippen molar-refractivity contribution >= 4 is 35.0 Å². The number of anilines is 1. The van der Waals surface area contributed by atoms with E-state index >= 15 is 0 Å². The molecule has 0 fully saturated rings. The van der Waals surface area contributed by atoms with E-state index in [0.717, 1.165) is 4.90 Å². The lowest BCUT2D eigenvalue weighted by molar-refractivity contribution is 0.102. The molecule has 0 heterocycles. The van der Waals surface area contributed by atoms with Crippen molar-refractivity contribution in [1.82, 2.24) is 0 Å². The van der Waals surface area contributed by atoms with Crippen LogP contribution in [-0.2, 0) is 0 Å². The number of thioether (sulfide) groups is 1. The average Bonchev–Trinajstić information content (AvgIpc) is 2.39. The van der Waals surface area contributed by atoms with Gasteiger partial charge in [0.2, 0.25) is 0 Å². The van der Waals surface area contributed by atoms with Gasteiger partial charge in [-0.05, 0) is 48.7 Å². The van der Waals surface area contributed by atoms with Crippen LogP contribution in [0.25, 0.3) is 0 Å². The number of benzene rings is 2. The number of hydrogen-bond acceptors (Lipinski definition) is 3. The Hall–Kier alpha value is -1.65. The fourth-order valence-corrected chi connectivity index (χ4v) is 2.14. The Bertz CT molecular complexity index is 599. The predicted molar refractivity (Wildman–Crippen MR) is 79.3 cm³/mol. The molecule has 2 aromatic carbocycles. The monoisotopic (exact) mass is 293 g/mol. The summed E-state index contributed by atoms with van der Waals surface area (Å²) in [6, 6.07) is 11.9. The van der Waals surface area contributed by atoms with E-state index in [-0.39, 0.29) is 17.2 Å². The van der Waals surface area contributed by atoms with Crippen LogP contribution in [0.1, 0.15) is 10.4 Å². The van der Waals surface area contributed by atoms with E-state index in [2.05, 4.69) is 5.32 Å². The first-order valence-electron chi connectivity index (χ1n) is 5.54. The molecule has 0 atom stereocenters. The summed E-state index contributed by atoms with van der Waals surface area (Å²) in [5, 5.41) is 12.8. The van der Waals surface area contributed by atoms with Gasteiger partial charge in [-0.3, -0.25) is 4.79 Å². The Morgan fingerprint density at radius 1 is 1.21 bits per heavy atom. The first-order chi connectivity index (χ1) is 9.10. The maximum Gasteiger partial charge on any atom is 0.259 e. The zero-order valence-corrected chi connectivity index (χ0v) is 11.8. The molecule has 0 aromatic heterocycles. The van der Waals surface area contributed by atoms with Crippen LogP contribution in [0.15, 0.2) is 47.4 Å². The van der Waals surface area contributed by atoms with Crippen LogP contribution in [0.5, 0.6) is 5.75 Å². The minimum Gasteiger partial charge on any atom is -0.507 e. The molecule has 3 nitrogen and oxygen atoms in total. The Morgan fingerprint density at radius 3 is 2.47 bits per heavy atom. The van der Waals surface area contributed by atoms with E-state index < -0.39 is 0 Å². The fourth-order valence-electron chi connectivity index (χ4n) is 1.57. The molecule has 0 aliphatic heterocycles. The standard InChI is InChI=1S/C14H12ClNO2S/c1-19-11-5-3-10(4-6-11)16-14(18)12-7-2-9(15)8-13(12)17/h2-8,17H,1H3,(H,16,18). The second-order valence-corrected chi connectivity index (χ2v) is 5.16. The lowest BCUT2D eigenvalue weighted by atomic mass is 10.2. The van der Waals surface area contributed by atoms with Crippen molar-refractivity contribution in [3.63, 3.8) is 0 Å². The SMILES string of the molecule is CSc1ccc(NC(=O)c2ccc(Cl)cc2O)cc1. The van der Waals surface area contributed by atoms with Gasteiger partial charge in [-0.2, -0.15) is 0 Å². The maximum absolute atomic E-state index is 12.0. The first-order valence-corrected chi connectivity index (χ1v) is 7.14. The molecule has 0 aliphatic carbocycles. The molecule has 19 heavy (non-hydrogen) atoms. The van der Waals surface area contributed by atoms with Gasteiger partial charge in [0.1, 0.15) is 5.75 Å². The van der Waals surface area contributed by atoms with Gasteiger partial charge in [-0.1, -0.05) is 11.6 Å². The van der Waals surface area contributed by atoms with E-state index in [1.54, 1.807) is 17.8 Å². The van der Waals surface area contributed by atoms with E-state index in [4.69, 9.17) is 11.6 Å². The Balaban J connectivity index is 2.15. The highest BCUT2D eigenvalue weighted by atomic mass is 35.5. The molecule has 0 unspecified atom stereocenters. The summed E-state index contributed by atoms with van der Waals surface area (Å²) in [6.45, 7) is 0. The predicted octanol–water partition coefficient (Wildman–Crippen LogP) is 4.02. The molecule has 5 heteroatoms. The largest absolute Gasteiger partial charge is 0.507 e. The molecule has 98 valence electrons. The summed E-state index contributed by atoms with van der Waals surface area (Å²) >= 11 is 7.35. The van der Waals surface area contributed by atoms with Gasteiger partial charge in [-0.15, -0.1) is 11.8 Å². The molecule has 1 amide bonds. The summed E-state index contributed by atoms with van der Waals surface area (Å²) in [4.78, 5) is 13.1. The number of halogens is 1. The number of rotatable bonds is 3. The highest BCUT2D eigenvalue weighted by Crippen LogP contribution is 2.23. The molecule has 2 aromatic rings. The summed E-state index contributed by atoms with van der Waals surface area (Å²) in [6.07, 6.45) is 1.99. The number of hydrogen-bond donors (Lipinski definition) is 2. The van der Waals surface area contributed by atoms with Gasteiger partial charge in [0.25, 0.3) is 5.91 Å². The fraction of sp³-hybridized carbons (Fsp3) is 0.0714. The molecular formula is C14H12ClNO2S. The van der Waals surface area contributed by atoms with Crippen molar-refractivity contribution in [3.8, 4) is 5.75 Å². The van der Waals surface area contributed by atoms with Gasteiger partial charge in [-0.25, -0.2) is 0 Å². The lowest BCUT2D eigenvalue weighted by Gasteiger charge is -2.07. The van der Waals surface area contributed by atoms with Gasteiger partial charge in [0.15, 0.2) is 0 Å². The van der Waals surface area contributed by atoms with Crippen LogP contribution in [-0.4, -0.2) is 17.3 Å². The first kappa shape index (κ1) is 13.8. The number of amides is 1. The van der Waals surface area contributed by atoms with Crippen molar-refractivity contribution in [2.75, 3.05) is 11.6 Å². The second-order valence-electron chi connectivity index (χ2n) is 3.84. The van der Waals surface area contributed by atoms with Crippen molar-refractivity contribution in [2.45, 2.75) is 4.90 Å². The van der Waals surface area contributed by atoms with Gasteiger partial charge >= 0.3 is 0 Å². The van der Waals surface area contributed by atoms with E-state index in [1.165, 1.54) is 12.1 Å². The molecule has 0 aliphatic rings. The van der Waals surface area contributed by atoms with E-state index in [1.807, 2.05) is 30.5 Å². The van der Waals surface area contributed by atoms with Gasteiger partial charge < -0.3 is 10.4 Å². The molecule has 0 radical (unpaired) electrons. The minimum absolute atomic E-state index is 0.134. The van der Waals surface area contributed by atoms with E-state index in [9.17, 15) is 9.90 Å². The van der Waals surface area contributed by atoms with Crippen molar-refractivity contribution in [3.05, 3.63) is 53.1 Å². The molecule has 0 spiro atoms. The normalized spacial score (nSPS) is 10.2. The maximum atomic E-state index is 12.0. The van der Waals surface area contributed by atoms with Crippen LogP contribution >= 0.6 is 23.4 Å². The highest BCUT2D eigenvalue weighted by Gasteiger charge is 2.11. The Morgan fingerprint density at radius 2 is 1.89 bits per heavy atom. The molecule has 0 saturated carbocycles. The van der Waals surface area contributed by atoms with E-state index in [0.29, 0.717) is 10.7 Å². The topological polar surface area (TPSA) is 49.3 Å². The number of nitrogens with one attached hydrogen (secondary N) is 1. The lowest BCUT2D eigenvalue weighted by Crippen LogP contribution is -2.11. The number of aromatic hydroxyl groups is 1. The van der Waals surface area contributed by atoms with Gasteiger partial charge in [0.05, 0.1) is 5.56 Å². The van der Waals surface area contributed by atoms with Crippen LogP contribution in [0, 0.1) is 0 Å². The smallest absolute Gasteiger partial charge is 0.259 e. The molecule has 2 N–H and O–H groups in total. The van der Waals surface area contributed by atoms with Crippen LogP contribution in [0.2, 0.25) is 5.02 Å². The third-order valence-electron chi connectivity index (χ3n) is 2.55. The van der Waals surface area contributed by atoms with Crippen LogP contribution in [0.3, 0.4) is 0 Å². The minimum atomic E-state index is -0.369. The summed E-state index contributed by atoms with van der Waals surface area (Å²) < 4.78 is 0. The number of phenolic OH excluding ortho intramolecular Hbond substituents is 1. The van der Waals surface area contributed by atoms with Crippen molar-refractivity contribution < 1.29 is 9.90 Å². The molecule has 2 rings (SSSR count). The summed E-state index contributed by atoms with van der Waals surface area (Å²) in [5.41, 5.74) is 0.871. The van der Waals surface area contributed by atoms with Crippen LogP contribution in [0.4, 0.5) is 5.69 Å². The number of carbonyl (C=O) groups is 1.